The maximum Gasteiger partial charge on any atom is 0.131 e. The summed E-state index contributed by atoms with van der Waals surface area (Å²) >= 11 is 5.05. The highest BCUT2D eigenvalue weighted by molar-refractivity contribution is 7.71. The second-order valence-electron chi connectivity index (χ2n) is 3.47. The van der Waals surface area contributed by atoms with Gasteiger partial charge in [0.05, 0.1) is 0 Å². The normalized spacial score (nSPS) is 10.4. The second kappa shape index (κ2) is 4.14. The van der Waals surface area contributed by atoms with Gasteiger partial charge in [0.1, 0.15) is 16.3 Å². The Kier molecular flexibility index (Phi) is 2.83. The van der Waals surface area contributed by atoms with Crippen LogP contribution < -0.4 is 0 Å². The number of hydrogen-bond acceptors (Lipinski definition) is 1. The molecule has 2 aromatic rings. The average molecular weight is 237 g/mol. The summed E-state index contributed by atoms with van der Waals surface area (Å²) in [7, 11) is 0. The number of aromatic nitrogens is 1. The summed E-state index contributed by atoms with van der Waals surface area (Å²) in [5.41, 5.74) is 1.58. The van der Waals surface area contributed by atoms with Crippen molar-refractivity contribution in [2.24, 2.45) is 0 Å². The third-order valence-electron chi connectivity index (χ3n) is 2.43. The van der Waals surface area contributed by atoms with Gasteiger partial charge in [-0.1, -0.05) is 12.2 Å². The molecular formula is C12H9F2NS. The third-order valence-corrected chi connectivity index (χ3v) is 2.85. The lowest BCUT2D eigenvalue weighted by Crippen LogP contribution is -1.91. The van der Waals surface area contributed by atoms with Crippen LogP contribution in [0.25, 0.3) is 11.1 Å². The number of rotatable bonds is 1. The van der Waals surface area contributed by atoms with Crippen molar-refractivity contribution in [3.05, 3.63) is 52.3 Å². The molecule has 1 N–H and O–H groups in total. The van der Waals surface area contributed by atoms with E-state index in [1.54, 1.807) is 19.2 Å². The van der Waals surface area contributed by atoms with E-state index in [1.165, 1.54) is 6.07 Å². The third kappa shape index (κ3) is 1.88. The minimum absolute atomic E-state index is 0.234. The molecule has 0 unspecified atom stereocenters. The second-order valence-corrected chi connectivity index (χ2v) is 3.88. The van der Waals surface area contributed by atoms with Crippen LogP contribution in [0.5, 0.6) is 0 Å². The fraction of sp³-hybridized carbons (Fsp3) is 0.0833. The van der Waals surface area contributed by atoms with E-state index < -0.39 is 11.6 Å². The monoisotopic (exact) mass is 237 g/mol. The molecule has 16 heavy (non-hydrogen) atoms. The summed E-state index contributed by atoms with van der Waals surface area (Å²) in [4.78, 5) is 2.84. The zero-order valence-corrected chi connectivity index (χ0v) is 9.37. The lowest BCUT2D eigenvalue weighted by Gasteiger charge is -2.07. The molecule has 1 aromatic heterocycles. The first kappa shape index (κ1) is 11.0. The first-order valence-corrected chi connectivity index (χ1v) is 5.14. The summed E-state index contributed by atoms with van der Waals surface area (Å²) in [6, 6.07) is 5.07. The van der Waals surface area contributed by atoms with Crippen molar-refractivity contribution in [3.8, 4) is 11.1 Å². The Bertz CT molecular complexity index is 590. The van der Waals surface area contributed by atoms with Crippen LogP contribution in [0.1, 0.15) is 5.56 Å². The highest BCUT2D eigenvalue weighted by atomic mass is 32.1. The van der Waals surface area contributed by atoms with Gasteiger partial charge in [0.2, 0.25) is 0 Å². The van der Waals surface area contributed by atoms with Crippen LogP contribution in [0.2, 0.25) is 0 Å². The fourth-order valence-corrected chi connectivity index (χ4v) is 1.73. The van der Waals surface area contributed by atoms with Crippen molar-refractivity contribution in [2.75, 3.05) is 0 Å². The summed E-state index contributed by atoms with van der Waals surface area (Å²) in [6.45, 7) is 1.78. The van der Waals surface area contributed by atoms with E-state index in [2.05, 4.69) is 4.98 Å². The Morgan fingerprint density at radius 1 is 1.12 bits per heavy atom. The first-order valence-electron chi connectivity index (χ1n) is 4.73. The van der Waals surface area contributed by atoms with Gasteiger partial charge in [-0.2, -0.15) is 0 Å². The molecule has 0 bridgehead atoms. The summed E-state index contributed by atoms with van der Waals surface area (Å²) in [5, 5.41) is 0. The first-order chi connectivity index (χ1) is 7.59. The van der Waals surface area contributed by atoms with Gasteiger partial charge in [0.25, 0.3) is 0 Å². The molecule has 0 fully saturated rings. The Labute approximate surface area is 96.8 Å². The van der Waals surface area contributed by atoms with Crippen LogP contribution in [-0.4, -0.2) is 4.98 Å². The van der Waals surface area contributed by atoms with E-state index in [1.807, 2.05) is 0 Å². The molecular weight excluding hydrogens is 228 g/mol. The van der Waals surface area contributed by atoms with Crippen LogP contribution in [0.3, 0.4) is 0 Å². The number of aromatic amines is 1. The molecule has 0 spiro atoms. The standard InChI is InChI=1S/C12H9F2NS/c1-7-9(4-5-15-12(7)16)10-6-8(13)2-3-11(10)14/h2-6H,1H3,(H,15,16). The molecule has 0 radical (unpaired) electrons. The predicted molar refractivity (Wildman–Crippen MR) is 61.7 cm³/mol. The van der Waals surface area contributed by atoms with Gasteiger partial charge < -0.3 is 4.98 Å². The molecule has 0 amide bonds. The van der Waals surface area contributed by atoms with Crippen LogP contribution in [0, 0.1) is 23.2 Å². The van der Waals surface area contributed by atoms with Gasteiger partial charge in [0, 0.05) is 11.8 Å². The van der Waals surface area contributed by atoms with Gasteiger partial charge in [-0.3, -0.25) is 0 Å². The van der Waals surface area contributed by atoms with E-state index in [0.29, 0.717) is 10.2 Å². The lowest BCUT2D eigenvalue weighted by atomic mass is 10.0. The number of hydrogen-bond donors (Lipinski definition) is 1. The summed E-state index contributed by atoms with van der Waals surface area (Å²) in [6.07, 6.45) is 1.62. The van der Waals surface area contributed by atoms with Gasteiger partial charge in [-0.05, 0) is 42.3 Å². The van der Waals surface area contributed by atoms with Gasteiger partial charge in [-0.15, -0.1) is 0 Å². The van der Waals surface area contributed by atoms with Gasteiger partial charge in [0.15, 0.2) is 0 Å². The Morgan fingerprint density at radius 2 is 1.88 bits per heavy atom. The van der Waals surface area contributed by atoms with Crippen LogP contribution in [0.15, 0.2) is 30.5 Å². The predicted octanol–water partition coefficient (Wildman–Crippen LogP) is 4.00. The van der Waals surface area contributed by atoms with Gasteiger partial charge in [-0.25, -0.2) is 8.78 Å². The van der Waals surface area contributed by atoms with Gasteiger partial charge >= 0.3 is 0 Å². The quantitative estimate of drug-likeness (QED) is 0.741. The molecule has 0 aliphatic rings. The van der Waals surface area contributed by atoms with E-state index in [9.17, 15) is 8.78 Å². The fourth-order valence-electron chi connectivity index (χ4n) is 1.55. The zero-order valence-electron chi connectivity index (χ0n) is 8.55. The minimum Gasteiger partial charge on any atom is -0.353 e. The van der Waals surface area contributed by atoms with Crippen LogP contribution in [0.4, 0.5) is 8.78 Å². The number of benzene rings is 1. The van der Waals surface area contributed by atoms with Crippen molar-refractivity contribution in [1.82, 2.24) is 4.98 Å². The van der Waals surface area contributed by atoms with Crippen molar-refractivity contribution in [1.29, 1.82) is 0 Å². The molecule has 0 aliphatic heterocycles. The van der Waals surface area contributed by atoms with E-state index >= 15 is 0 Å². The Morgan fingerprint density at radius 3 is 2.62 bits per heavy atom. The Balaban J connectivity index is 2.72. The number of halogens is 2. The average Bonchev–Trinajstić information content (AvgIpc) is 2.26. The summed E-state index contributed by atoms with van der Waals surface area (Å²) < 4.78 is 27.1. The minimum atomic E-state index is -0.463. The van der Waals surface area contributed by atoms with Crippen molar-refractivity contribution in [3.63, 3.8) is 0 Å². The van der Waals surface area contributed by atoms with Crippen LogP contribution in [-0.2, 0) is 0 Å². The number of pyridine rings is 1. The van der Waals surface area contributed by atoms with Crippen molar-refractivity contribution < 1.29 is 8.78 Å². The topological polar surface area (TPSA) is 15.8 Å². The molecule has 1 nitrogen and oxygen atoms in total. The van der Waals surface area contributed by atoms with Crippen molar-refractivity contribution in [2.45, 2.75) is 6.92 Å². The summed E-state index contributed by atoms with van der Waals surface area (Å²) in [5.74, 6) is -0.917. The SMILES string of the molecule is Cc1c(-c2cc(F)ccc2F)cc[nH]c1=S. The molecule has 0 saturated heterocycles. The van der Waals surface area contributed by atoms with Crippen LogP contribution >= 0.6 is 12.2 Å². The molecule has 0 atom stereocenters. The molecule has 0 aliphatic carbocycles. The molecule has 0 saturated carbocycles. The zero-order chi connectivity index (χ0) is 11.7. The van der Waals surface area contributed by atoms with Crippen molar-refractivity contribution >= 4 is 12.2 Å². The smallest absolute Gasteiger partial charge is 0.131 e. The highest BCUT2D eigenvalue weighted by Crippen LogP contribution is 2.26. The molecule has 2 rings (SSSR count). The molecule has 1 heterocycles. The number of H-pyrrole nitrogens is 1. The highest BCUT2D eigenvalue weighted by Gasteiger charge is 2.09. The molecule has 4 heteroatoms. The largest absolute Gasteiger partial charge is 0.353 e. The maximum atomic E-state index is 13.6. The lowest BCUT2D eigenvalue weighted by molar-refractivity contribution is 0.603. The van der Waals surface area contributed by atoms with E-state index in [0.717, 1.165) is 17.7 Å². The number of nitrogens with one attached hydrogen (secondary N) is 1. The Hall–Kier alpha value is -1.55. The maximum absolute atomic E-state index is 13.6. The van der Waals surface area contributed by atoms with E-state index in [-0.39, 0.29) is 5.56 Å². The molecule has 1 aromatic carbocycles. The molecule has 82 valence electrons. The van der Waals surface area contributed by atoms with E-state index in [4.69, 9.17) is 12.2 Å².